The topological polar surface area (TPSA) is 34.1 Å². The molecule has 0 N–H and O–H groups in total. The molecule has 0 aromatic heterocycles. The van der Waals surface area contributed by atoms with Crippen LogP contribution in [0.5, 0.6) is 0 Å². The normalized spacial score (nSPS) is 20.7. The van der Waals surface area contributed by atoms with Crippen molar-refractivity contribution in [2.45, 2.75) is 39.5 Å². The fourth-order valence-corrected chi connectivity index (χ4v) is 3.91. The zero-order valence-electron chi connectivity index (χ0n) is 14.2. The van der Waals surface area contributed by atoms with E-state index in [2.05, 4.69) is 0 Å². The maximum absolute atomic E-state index is 13.9. The molecule has 0 amide bonds. The first-order valence-corrected chi connectivity index (χ1v) is 8.26. The standard InChI is InChI=1S/C21H21FO2/c1-12-8-13(2)19(14(3)9-12)20-18(23)11-16(21(20)24)10-15-6-4-5-7-17(15)22/h4-9,16,20H,10-11H2,1-3H3. The third-order valence-electron chi connectivity index (χ3n) is 4.91. The molecule has 2 aromatic carbocycles. The molecule has 2 aromatic rings. The monoisotopic (exact) mass is 324 g/mol. The van der Waals surface area contributed by atoms with Gasteiger partial charge in [-0.05, 0) is 55.5 Å². The average molecular weight is 324 g/mol. The Balaban J connectivity index is 1.92. The molecule has 0 spiro atoms. The van der Waals surface area contributed by atoms with Crippen molar-refractivity contribution in [3.63, 3.8) is 0 Å². The number of aryl methyl sites for hydroxylation is 3. The van der Waals surface area contributed by atoms with E-state index >= 15 is 0 Å². The van der Waals surface area contributed by atoms with Gasteiger partial charge in [-0.3, -0.25) is 9.59 Å². The number of carbonyl (C=O) groups is 2. The molecule has 0 heterocycles. The van der Waals surface area contributed by atoms with Crippen LogP contribution in [0.15, 0.2) is 36.4 Å². The quantitative estimate of drug-likeness (QED) is 0.792. The Morgan fingerprint density at radius 3 is 2.29 bits per heavy atom. The lowest BCUT2D eigenvalue weighted by Gasteiger charge is -2.16. The summed E-state index contributed by atoms with van der Waals surface area (Å²) in [4.78, 5) is 25.4. The van der Waals surface area contributed by atoms with E-state index in [9.17, 15) is 14.0 Å². The molecule has 0 aliphatic heterocycles. The highest BCUT2D eigenvalue weighted by atomic mass is 19.1. The van der Waals surface area contributed by atoms with Crippen LogP contribution in [0.1, 0.15) is 40.2 Å². The molecule has 0 bridgehead atoms. The fraction of sp³-hybridized carbons (Fsp3) is 0.333. The van der Waals surface area contributed by atoms with Gasteiger partial charge in [0.2, 0.25) is 0 Å². The second-order valence-corrected chi connectivity index (χ2v) is 6.81. The van der Waals surface area contributed by atoms with Gasteiger partial charge in [0.25, 0.3) is 0 Å². The van der Waals surface area contributed by atoms with Gasteiger partial charge in [-0.1, -0.05) is 35.9 Å². The maximum Gasteiger partial charge on any atom is 0.151 e. The third-order valence-corrected chi connectivity index (χ3v) is 4.91. The molecule has 3 heteroatoms. The molecule has 2 nitrogen and oxygen atoms in total. The summed E-state index contributed by atoms with van der Waals surface area (Å²) in [6, 6.07) is 10.5. The highest BCUT2D eigenvalue weighted by Crippen LogP contribution is 2.37. The van der Waals surface area contributed by atoms with E-state index in [1.165, 1.54) is 6.07 Å². The molecule has 1 fully saturated rings. The molecule has 3 rings (SSSR count). The van der Waals surface area contributed by atoms with Gasteiger partial charge in [-0.2, -0.15) is 0 Å². The number of halogens is 1. The van der Waals surface area contributed by atoms with Gasteiger partial charge in [-0.15, -0.1) is 0 Å². The van der Waals surface area contributed by atoms with E-state index < -0.39 is 11.8 Å². The van der Waals surface area contributed by atoms with Gasteiger partial charge >= 0.3 is 0 Å². The average Bonchev–Trinajstić information content (AvgIpc) is 2.76. The Hall–Kier alpha value is -2.29. The highest BCUT2D eigenvalue weighted by molar-refractivity contribution is 6.15. The first-order valence-electron chi connectivity index (χ1n) is 8.26. The van der Waals surface area contributed by atoms with Crippen molar-refractivity contribution >= 4 is 11.6 Å². The van der Waals surface area contributed by atoms with Crippen LogP contribution >= 0.6 is 0 Å². The second kappa shape index (κ2) is 6.31. The van der Waals surface area contributed by atoms with Crippen LogP contribution in [0.4, 0.5) is 4.39 Å². The number of Topliss-reactive ketones (excluding diaryl/α,β-unsaturated/α-hetero) is 2. The Bertz CT molecular complexity index is 799. The Morgan fingerprint density at radius 1 is 1.04 bits per heavy atom. The fourth-order valence-electron chi connectivity index (χ4n) is 3.91. The first-order chi connectivity index (χ1) is 11.4. The number of ketones is 2. The van der Waals surface area contributed by atoms with Gasteiger partial charge in [0.1, 0.15) is 17.5 Å². The Kier molecular flexibility index (Phi) is 4.35. The summed E-state index contributed by atoms with van der Waals surface area (Å²) in [6.07, 6.45) is 0.488. The zero-order chi connectivity index (χ0) is 17.4. The van der Waals surface area contributed by atoms with Crippen LogP contribution < -0.4 is 0 Å². The van der Waals surface area contributed by atoms with E-state index in [1.807, 2.05) is 32.9 Å². The van der Waals surface area contributed by atoms with E-state index in [-0.39, 0.29) is 30.2 Å². The summed E-state index contributed by atoms with van der Waals surface area (Å²) in [7, 11) is 0. The van der Waals surface area contributed by atoms with Gasteiger partial charge in [0, 0.05) is 12.3 Å². The lowest BCUT2D eigenvalue weighted by molar-refractivity contribution is -0.124. The summed E-state index contributed by atoms with van der Waals surface area (Å²) in [6.45, 7) is 5.89. The molecule has 1 saturated carbocycles. The lowest BCUT2D eigenvalue weighted by atomic mass is 9.86. The molecule has 1 aliphatic rings. The summed E-state index contributed by atoms with van der Waals surface area (Å²) < 4.78 is 13.9. The summed E-state index contributed by atoms with van der Waals surface area (Å²) >= 11 is 0. The van der Waals surface area contributed by atoms with Gasteiger partial charge < -0.3 is 0 Å². The van der Waals surface area contributed by atoms with Crippen molar-refractivity contribution in [2.24, 2.45) is 5.92 Å². The molecular formula is C21H21FO2. The van der Waals surface area contributed by atoms with Crippen molar-refractivity contribution in [2.75, 3.05) is 0 Å². The van der Waals surface area contributed by atoms with E-state index in [0.717, 1.165) is 22.3 Å². The van der Waals surface area contributed by atoms with E-state index in [1.54, 1.807) is 18.2 Å². The van der Waals surface area contributed by atoms with Crippen LogP contribution in [0, 0.1) is 32.5 Å². The number of hydrogen-bond donors (Lipinski definition) is 0. The summed E-state index contributed by atoms with van der Waals surface area (Å²) in [5, 5.41) is 0. The molecular weight excluding hydrogens is 303 g/mol. The third kappa shape index (κ3) is 2.91. The van der Waals surface area contributed by atoms with Crippen LogP contribution in [0.25, 0.3) is 0 Å². The smallest absolute Gasteiger partial charge is 0.151 e. The van der Waals surface area contributed by atoms with Crippen molar-refractivity contribution in [1.82, 2.24) is 0 Å². The van der Waals surface area contributed by atoms with Crippen LogP contribution in [0.3, 0.4) is 0 Å². The van der Waals surface area contributed by atoms with Gasteiger partial charge in [0.05, 0.1) is 0 Å². The van der Waals surface area contributed by atoms with Crippen LogP contribution in [-0.4, -0.2) is 11.6 Å². The number of rotatable bonds is 3. The SMILES string of the molecule is Cc1cc(C)c(C2C(=O)CC(Cc3ccccc3F)C2=O)c(C)c1. The largest absolute Gasteiger partial charge is 0.298 e. The van der Waals surface area contributed by atoms with Crippen molar-refractivity contribution < 1.29 is 14.0 Å². The molecule has 2 unspecified atom stereocenters. The molecule has 24 heavy (non-hydrogen) atoms. The molecule has 0 radical (unpaired) electrons. The first kappa shape index (κ1) is 16.6. The minimum Gasteiger partial charge on any atom is -0.298 e. The van der Waals surface area contributed by atoms with Crippen LogP contribution in [-0.2, 0) is 16.0 Å². The highest BCUT2D eigenvalue weighted by Gasteiger charge is 2.43. The van der Waals surface area contributed by atoms with E-state index in [4.69, 9.17) is 0 Å². The Morgan fingerprint density at radius 2 is 1.67 bits per heavy atom. The summed E-state index contributed by atoms with van der Waals surface area (Å²) in [5.74, 6) is -1.56. The van der Waals surface area contributed by atoms with Crippen molar-refractivity contribution in [3.8, 4) is 0 Å². The molecule has 0 saturated heterocycles. The predicted octanol–water partition coefficient (Wildman–Crippen LogP) is 4.24. The number of hydrogen-bond acceptors (Lipinski definition) is 2. The molecule has 124 valence electrons. The lowest BCUT2D eigenvalue weighted by Crippen LogP contribution is -2.19. The van der Waals surface area contributed by atoms with Crippen molar-refractivity contribution in [3.05, 3.63) is 70.0 Å². The van der Waals surface area contributed by atoms with Gasteiger partial charge in [-0.25, -0.2) is 4.39 Å². The minimum atomic E-state index is -0.692. The van der Waals surface area contributed by atoms with E-state index in [0.29, 0.717) is 5.56 Å². The van der Waals surface area contributed by atoms with Crippen LogP contribution in [0.2, 0.25) is 0 Å². The molecule has 2 atom stereocenters. The maximum atomic E-state index is 13.9. The zero-order valence-corrected chi connectivity index (χ0v) is 14.2. The number of benzene rings is 2. The molecule has 1 aliphatic carbocycles. The predicted molar refractivity (Wildman–Crippen MR) is 91.6 cm³/mol. The minimum absolute atomic E-state index is 0.0450. The second-order valence-electron chi connectivity index (χ2n) is 6.81. The van der Waals surface area contributed by atoms with Crippen molar-refractivity contribution in [1.29, 1.82) is 0 Å². The summed E-state index contributed by atoms with van der Waals surface area (Å²) in [5.41, 5.74) is 4.42. The Labute approximate surface area is 141 Å². The van der Waals surface area contributed by atoms with Gasteiger partial charge in [0.15, 0.2) is 5.78 Å². The number of carbonyl (C=O) groups excluding carboxylic acids is 2.